The minimum atomic E-state index is -2.87. The lowest BCUT2D eigenvalue weighted by molar-refractivity contribution is -0.136. The van der Waals surface area contributed by atoms with Crippen molar-refractivity contribution in [3.8, 4) is 5.75 Å². The van der Waals surface area contributed by atoms with Gasteiger partial charge in [-0.05, 0) is 24.1 Å². The molecule has 0 aromatic heterocycles. The molecule has 94 valence electrons. The Hall–Kier alpha value is -1.72. The van der Waals surface area contributed by atoms with Gasteiger partial charge in [-0.1, -0.05) is 0 Å². The highest BCUT2D eigenvalue weighted by Crippen LogP contribution is 2.33. The third-order valence-corrected chi connectivity index (χ3v) is 2.21. The first-order valence-corrected chi connectivity index (χ1v) is 4.82. The summed E-state index contributed by atoms with van der Waals surface area (Å²) >= 11 is 0. The number of benzene rings is 1. The third-order valence-electron chi connectivity index (χ3n) is 2.21. The van der Waals surface area contributed by atoms with Crippen molar-refractivity contribution in [2.75, 3.05) is 7.11 Å². The molecule has 0 radical (unpaired) electrons. The SMILES string of the molecule is COc1c(CCC(=O)O)cc(F)cc1C(F)F. The van der Waals surface area contributed by atoms with Crippen LogP contribution in [0.1, 0.15) is 24.0 Å². The number of aryl methyl sites for hydroxylation is 1. The topological polar surface area (TPSA) is 46.5 Å². The predicted molar refractivity (Wildman–Crippen MR) is 53.9 cm³/mol. The average molecular weight is 248 g/mol. The number of hydrogen-bond acceptors (Lipinski definition) is 2. The fourth-order valence-corrected chi connectivity index (χ4v) is 1.51. The normalized spacial score (nSPS) is 10.6. The Bertz CT molecular complexity index is 419. The molecule has 0 spiro atoms. The number of alkyl halides is 2. The van der Waals surface area contributed by atoms with Crippen LogP contribution in [0.15, 0.2) is 12.1 Å². The summed E-state index contributed by atoms with van der Waals surface area (Å²) in [4.78, 5) is 10.4. The molecule has 1 aromatic carbocycles. The van der Waals surface area contributed by atoms with Crippen LogP contribution < -0.4 is 4.74 Å². The van der Waals surface area contributed by atoms with E-state index in [0.29, 0.717) is 6.07 Å². The first kappa shape index (κ1) is 13.3. The monoisotopic (exact) mass is 248 g/mol. The molecule has 0 aliphatic rings. The number of methoxy groups -OCH3 is 1. The van der Waals surface area contributed by atoms with Crippen LogP contribution in [0.2, 0.25) is 0 Å². The maximum Gasteiger partial charge on any atom is 0.303 e. The molecule has 0 atom stereocenters. The van der Waals surface area contributed by atoms with Crippen LogP contribution in [0.5, 0.6) is 5.75 Å². The van der Waals surface area contributed by atoms with Gasteiger partial charge < -0.3 is 9.84 Å². The van der Waals surface area contributed by atoms with Gasteiger partial charge in [0.1, 0.15) is 11.6 Å². The standard InChI is InChI=1S/C11H11F3O3/c1-17-10-6(2-3-9(15)16)4-7(12)5-8(10)11(13)14/h4-5,11H,2-3H2,1H3,(H,15,16). The number of hydrogen-bond donors (Lipinski definition) is 1. The van der Waals surface area contributed by atoms with Crippen LogP contribution in [-0.4, -0.2) is 18.2 Å². The van der Waals surface area contributed by atoms with E-state index in [0.717, 1.165) is 6.07 Å². The van der Waals surface area contributed by atoms with Crippen LogP contribution in [0.4, 0.5) is 13.2 Å². The van der Waals surface area contributed by atoms with E-state index < -0.39 is 23.8 Å². The molecular weight excluding hydrogens is 237 g/mol. The van der Waals surface area contributed by atoms with E-state index in [1.807, 2.05) is 0 Å². The van der Waals surface area contributed by atoms with Crippen LogP contribution in [0, 0.1) is 5.82 Å². The molecule has 0 saturated heterocycles. The van der Waals surface area contributed by atoms with Gasteiger partial charge in [0.05, 0.1) is 12.7 Å². The van der Waals surface area contributed by atoms with Crippen molar-refractivity contribution in [3.05, 3.63) is 29.1 Å². The third kappa shape index (κ3) is 3.37. The lowest BCUT2D eigenvalue weighted by Gasteiger charge is -2.13. The zero-order valence-corrected chi connectivity index (χ0v) is 9.04. The smallest absolute Gasteiger partial charge is 0.303 e. The van der Waals surface area contributed by atoms with E-state index in [1.165, 1.54) is 7.11 Å². The van der Waals surface area contributed by atoms with Gasteiger partial charge in [-0.2, -0.15) is 0 Å². The maximum atomic E-state index is 13.1. The molecule has 6 heteroatoms. The van der Waals surface area contributed by atoms with E-state index >= 15 is 0 Å². The zero-order valence-electron chi connectivity index (χ0n) is 9.04. The first-order chi connectivity index (χ1) is 7.95. The summed E-state index contributed by atoms with van der Waals surface area (Å²) in [6, 6.07) is 1.70. The van der Waals surface area contributed by atoms with Crippen molar-refractivity contribution in [2.45, 2.75) is 19.3 Å². The second kappa shape index (κ2) is 5.56. The Labute approximate surface area is 95.8 Å². The number of rotatable bonds is 5. The minimum absolute atomic E-state index is 0.0595. The number of carbonyl (C=O) groups is 1. The van der Waals surface area contributed by atoms with E-state index in [-0.39, 0.29) is 24.2 Å². The lowest BCUT2D eigenvalue weighted by atomic mass is 10.0. The van der Waals surface area contributed by atoms with Gasteiger partial charge in [-0.3, -0.25) is 4.79 Å². The Morgan fingerprint density at radius 1 is 1.47 bits per heavy atom. The summed E-state index contributed by atoms with van der Waals surface area (Å²) in [7, 11) is 1.18. The van der Waals surface area contributed by atoms with Crippen molar-refractivity contribution in [2.24, 2.45) is 0 Å². The molecule has 0 aliphatic carbocycles. The Balaban J connectivity index is 3.13. The number of ether oxygens (including phenoxy) is 1. The molecule has 0 fully saturated rings. The van der Waals surface area contributed by atoms with Crippen molar-refractivity contribution in [1.82, 2.24) is 0 Å². The van der Waals surface area contributed by atoms with Crippen molar-refractivity contribution < 1.29 is 27.8 Å². The van der Waals surface area contributed by atoms with Gasteiger partial charge in [-0.25, -0.2) is 13.2 Å². The highest BCUT2D eigenvalue weighted by atomic mass is 19.3. The highest BCUT2D eigenvalue weighted by molar-refractivity contribution is 5.67. The second-order valence-electron chi connectivity index (χ2n) is 3.38. The first-order valence-electron chi connectivity index (χ1n) is 4.82. The fraction of sp³-hybridized carbons (Fsp3) is 0.364. The lowest BCUT2D eigenvalue weighted by Crippen LogP contribution is -2.03. The molecule has 0 aliphatic heterocycles. The molecule has 0 heterocycles. The maximum absolute atomic E-state index is 13.1. The van der Waals surface area contributed by atoms with Crippen LogP contribution in [0.25, 0.3) is 0 Å². The van der Waals surface area contributed by atoms with E-state index in [9.17, 15) is 18.0 Å². The van der Waals surface area contributed by atoms with Crippen molar-refractivity contribution in [1.29, 1.82) is 0 Å². The fourth-order valence-electron chi connectivity index (χ4n) is 1.51. The molecule has 0 unspecified atom stereocenters. The Morgan fingerprint density at radius 3 is 2.59 bits per heavy atom. The number of carboxylic acid groups (broad SMARTS) is 1. The van der Waals surface area contributed by atoms with Gasteiger partial charge in [0.25, 0.3) is 6.43 Å². The van der Waals surface area contributed by atoms with Crippen molar-refractivity contribution >= 4 is 5.97 Å². The summed E-state index contributed by atoms with van der Waals surface area (Å²) < 4.78 is 43.1. The molecular formula is C11H11F3O3. The quantitative estimate of drug-likeness (QED) is 0.871. The molecule has 3 nitrogen and oxygen atoms in total. The van der Waals surface area contributed by atoms with Gasteiger partial charge in [0, 0.05) is 6.42 Å². The zero-order chi connectivity index (χ0) is 13.0. The second-order valence-corrected chi connectivity index (χ2v) is 3.38. The summed E-state index contributed by atoms with van der Waals surface area (Å²) in [5.41, 5.74) is -0.432. The van der Waals surface area contributed by atoms with Crippen LogP contribution in [-0.2, 0) is 11.2 Å². The summed E-state index contributed by atoms with van der Waals surface area (Å²) in [5, 5.41) is 8.50. The average Bonchev–Trinajstić information content (AvgIpc) is 2.25. The molecule has 1 rings (SSSR count). The molecule has 17 heavy (non-hydrogen) atoms. The van der Waals surface area contributed by atoms with E-state index in [2.05, 4.69) is 0 Å². The van der Waals surface area contributed by atoms with Crippen LogP contribution >= 0.6 is 0 Å². The summed E-state index contributed by atoms with van der Waals surface area (Å²) in [6.07, 6.45) is -3.21. The highest BCUT2D eigenvalue weighted by Gasteiger charge is 2.19. The van der Waals surface area contributed by atoms with Gasteiger partial charge in [0.2, 0.25) is 0 Å². The summed E-state index contributed by atoms with van der Waals surface area (Å²) in [6.45, 7) is 0. The largest absolute Gasteiger partial charge is 0.496 e. The van der Waals surface area contributed by atoms with E-state index in [4.69, 9.17) is 9.84 Å². The number of halogens is 3. The number of aliphatic carboxylic acids is 1. The molecule has 1 aromatic rings. The Morgan fingerprint density at radius 2 is 2.12 bits per heavy atom. The minimum Gasteiger partial charge on any atom is -0.496 e. The predicted octanol–water partition coefficient (Wildman–Crippen LogP) is 2.79. The molecule has 0 amide bonds. The number of carboxylic acids is 1. The van der Waals surface area contributed by atoms with Crippen molar-refractivity contribution in [3.63, 3.8) is 0 Å². The van der Waals surface area contributed by atoms with E-state index in [1.54, 1.807) is 0 Å². The summed E-state index contributed by atoms with van der Waals surface area (Å²) in [5.74, 6) is -2.07. The van der Waals surface area contributed by atoms with Gasteiger partial charge in [-0.15, -0.1) is 0 Å². The molecule has 0 saturated carbocycles. The van der Waals surface area contributed by atoms with Gasteiger partial charge in [0.15, 0.2) is 0 Å². The molecule has 1 N–H and O–H groups in total. The Kier molecular flexibility index (Phi) is 4.37. The van der Waals surface area contributed by atoms with Crippen LogP contribution in [0.3, 0.4) is 0 Å². The molecule has 0 bridgehead atoms. The van der Waals surface area contributed by atoms with Gasteiger partial charge >= 0.3 is 5.97 Å².